The Morgan fingerprint density at radius 3 is 1.73 bits per heavy atom. The molecular weight excluding hydrogens is 440 g/mol. The fourth-order valence-electron chi connectivity index (χ4n) is 2.31. The molecule has 0 saturated heterocycles. The van der Waals surface area contributed by atoms with Crippen LogP contribution < -0.4 is 14.2 Å². The summed E-state index contributed by atoms with van der Waals surface area (Å²) in [6.45, 7) is 1.68. The van der Waals surface area contributed by atoms with Crippen LogP contribution in [0.5, 0.6) is 11.5 Å². The molecule has 12 heteroatoms. The normalized spacial score (nSPS) is 12.6. The second-order valence-corrected chi connectivity index (χ2v) is 7.66. The monoisotopic (exact) mass is 457 g/mol. The molecule has 0 aliphatic heterocycles. The van der Waals surface area contributed by atoms with Crippen LogP contribution in [0.25, 0.3) is 0 Å². The van der Waals surface area contributed by atoms with Gasteiger partial charge < -0.3 is 9.47 Å². The second-order valence-electron chi connectivity index (χ2n) is 5.89. The lowest BCUT2D eigenvalue weighted by Gasteiger charge is -2.15. The molecule has 5 nitrogen and oxygen atoms in total. The lowest BCUT2D eigenvalue weighted by Crippen LogP contribution is -2.29. The molecule has 2 aromatic carbocycles. The maximum atomic E-state index is 12.9. The highest BCUT2D eigenvalue weighted by atomic mass is 32.2. The minimum Gasteiger partial charge on any atom is -0.494 e. The van der Waals surface area contributed by atoms with Gasteiger partial charge >= 0.3 is 12.4 Å². The molecular formula is C18H17F6NO4S. The van der Waals surface area contributed by atoms with Crippen LogP contribution in [0.4, 0.5) is 26.3 Å². The number of halogens is 6. The number of hydrogen-bond acceptors (Lipinski definition) is 4. The highest BCUT2D eigenvalue weighted by Crippen LogP contribution is 2.37. The molecule has 0 unspecified atom stereocenters. The van der Waals surface area contributed by atoms with E-state index in [1.54, 1.807) is 31.2 Å². The summed E-state index contributed by atoms with van der Waals surface area (Å²) in [5.41, 5.74) is -3.44. The summed E-state index contributed by atoms with van der Waals surface area (Å²) in [7, 11) is -4.64. The summed E-state index contributed by atoms with van der Waals surface area (Å²) in [5, 5.41) is 0. The predicted octanol–water partition coefficient (Wildman–Crippen LogP) is 4.48. The highest BCUT2D eigenvalue weighted by Gasteiger charge is 2.38. The maximum absolute atomic E-state index is 12.9. The van der Waals surface area contributed by atoms with Gasteiger partial charge in [0.2, 0.25) is 10.0 Å². The Labute approximate surface area is 168 Å². The maximum Gasteiger partial charge on any atom is 0.416 e. The molecule has 0 heterocycles. The van der Waals surface area contributed by atoms with Crippen LogP contribution in [-0.2, 0) is 22.4 Å². The molecule has 0 fully saturated rings. The van der Waals surface area contributed by atoms with Gasteiger partial charge in [-0.2, -0.15) is 26.3 Å². The van der Waals surface area contributed by atoms with E-state index in [0.29, 0.717) is 18.1 Å². The third-order valence-corrected chi connectivity index (χ3v) is 5.11. The Hall–Kier alpha value is -2.47. The molecule has 30 heavy (non-hydrogen) atoms. The Morgan fingerprint density at radius 1 is 0.833 bits per heavy atom. The van der Waals surface area contributed by atoms with Gasteiger partial charge in [-0.25, -0.2) is 13.1 Å². The van der Waals surface area contributed by atoms with Gasteiger partial charge in [-0.15, -0.1) is 0 Å². The molecule has 0 amide bonds. The Balaban J connectivity index is 2.09. The molecule has 0 atom stereocenters. The van der Waals surface area contributed by atoms with Crippen molar-refractivity contribution in [3.63, 3.8) is 0 Å². The highest BCUT2D eigenvalue weighted by molar-refractivity contribution is 7.89. The van der Waals surface area contributed by atoms with Crippen LogP contribution in [0.3, 0.4) is 0 Å². The van der Waals surface area contributed by atoms with E-state index >= 15 is 0 Å². The van der Waals surface area contributed by atoms with Gasteiger partial charge in [-0.3, -0.25) is 0 Å². The summed E-state index contributed by atoms with van der Waals surface area (Å²) in [6, 6.07) is 6.49. The van der Waals surface area contributed by atoms with Crippen LogP contribution in [0.1, 0.15) is 18.1 Å². The quantitative estimate of drug-likeness (QED) is 0.469. The van der Waals surface area contributed by atoms with Crippen LogP contribution in [0.2, 0.25) is 0 Å². The van der Waals surface area contributed by atoms with E-state index in [0.717, 1.165) is 0 Å². The molecule has 0 aliphatic rings. The molecule has 0 radical (unpaired) electrons. The first kappa shape index (κ1) is 23.8. The number of ether oxygens (including phenoxy) is 2. The number of rotatable bonds is 8. The van der Waals surface area contributed by atoms with Crippen molar-refractivity contribution in [1.29, 1.82) is 0 Å². The number of hydrogen-bond donors (Lipinski definition) is 1. The van der Waals surface area contributed by atoms with Crippen molar-refractivity contribution < 1.29 is 44.2 Å². The fourth-order valence-corrected chi connectivity index (χ4v) is 3.39. The number of alkyl halides is 6. The molecule has 2 rings (SSSR count). The molecule has 0 bridgehead atoms. The molecule has 0 saturated carbocycles. The molecule has 0 aromatic heterocycles. The van der Waals surface area contributed by atoms with Crippen LogP contribution in [-0.4, -0.2) is 28.2 Å². The zero-order chi connectivity index (χ0) is 22.6. The number of benzene rings is 2. The van der Waals surface area contributed by atoms with Gasteiger partial charge in [-0.1, -0.05) is 0 Å². The molecule has 0 aliphatic carbocycles. The van der Waals surface area contributed by atoms with Gasteiger partial charge in [0.1, 0.15) is 18.1 Å². The molecule has 1 N–H and O–H groups in total. The second kappa shape index (κ2) is 9.13. The van der Waals surface area contributed by atoms with Crippen LogP contribution >= 0.6 is 0 Å². The summed E-state index contributed by atoms with van der Waals surface area (Å²) in [4.78, 5) is -1.15. The first-order chi connectivity index (χ1) is 13.8. The van der Waals surface area contributed by atoms with Gasteiger partial charge in [0.05, 0.1) is 22.6 Å². The minimum absolute atomic E-state index is 0.144. The van der Waals surface area contributed by atoms with Crippen molar-refractivity contribution in [1.82, 2.24) is 4.72 Å². The number of nitrogens with one attached hydrogen (secondary N) is 1. The van der Waals surface area contributed by atoms with Crippen LogP contribution in [0, 0.1) is 0 Å². The lowest BCUT2D eigenvalue weighted by molar-refractivity contribution is -0.143. The largest absolute Gasteiger partial charge is 0.494 e. The van der Waals surface area contributed by atoms with E-state index in [4.69, 9.17) is 9.47 Å². The summed E-state index contributed by atoms with van der Waals surface area (Å²) in [6.07, 6.45) is -10.3. The van der Waals surface area contributed by atoms with E-state index in [9.17, 15) is 34.8 Å². The van der Waals surface area contributed by atoms with Crippen LogP contribution in [0.15, 0.2) is 47.4 Å². The Kier molecular flexibility index (Phi) is 7.24. The summed E-state index contributed by atoms with van der Waals surface area (Å²) in [5.74, 6) is 0.964. The van der Waals surface area contributed by atoms with Gasteiger partial charge in [0.15, 0.2) is 0 Å². The standard InChI is InChI=1S/C18H17F6NO4S/c1-2-28-14-3-5-15(6-4-14)29-8-7-25-30(26,27)16-10-12(17(19,20)21)9-13(11-16)18(22,23)24/h3-6,9-11,25H,2,7-8H2,1H3. The average Bonchev–Trinajstić information content (AvgIpc) is 2.65. The van der Waals surface area contributed by atoms with E-state index in [-0.39, 0.29) is 31.4 Å². The third-order valence-electron chi connectivity index (χ3n) is 3.67. The van der Waals surface area contributed by atoms with Crippen molar-refractivity contribution in [3.8, 4) is 11.5 Å². The zero-order valence-corrected chi connectivity index (χ0v) is 16.3. The summed E-state index contributed by atoms with van der Waals surface area (Å²) < 4.78 is 114. The van der Waals surface area contributed by atoms with E-state index < -0.39 is 38.4 Å². The minimum atomic E-state index is -5.15. The average molecular weight is 457 g/mol. The van der Waals surface area contributed by atoms with Gasteiger partial charge in [-0.05, 0) is 49.4 Å². The first-order valence-electron chi connectivity index (χ1n) is 8.48. The Bertz CT molecular complexity index is 924. The topological polar surface area (TPSA) is 64.6 Å². The fraction of sp³-hybridized carbons (Fsp3) is 0.333. The Morgan fingerprint density at radius 2 is 1.30 bits per heavy atom. The number of sulfonamides is 1. The van der Waals surface area contributed by atoms with Crippen molar-refractivity contribution in [2.75, 3.05) is 19.8 Å². The smallest absolute Gasteiger partial charge is 0.416 e. The zero-order valence-electron chi connectivity index (χ0n) is 15.5. The third kappa shape index (κ3) is 6.52. The SMILES string of the molecule is CCOc1ccc(OCCNS(=O)(=O)c2cc(C(F)(F)F)cc(C(F)(F)F)c2)cc1. The molecule has 2 aromatic rings. The van der Waals surface area contributed by atoms with E-state index in [1.165, 1.54) is 0 Å². The lowest BCUT2D eigenvalue weighted by atomic mass is 10.1. The van der Waals surface area contributed by atoms with Crippen molar-refractivity contribution >= 4 is 10.0 Å². The van der Waals surface area contributed by atoms with Crippen molar-refractivity contribution in [3.05, 3.63) is 53.6 Å². The van der Waals surface area contributed by atoms with E-state index in [2.05, 4.69) is 0 Å². The molecule has 166 valence electrons. The first-order valence-corrected chi connectivity index (χ1v) is 9.96. The van der Waals surface area contributed by atoms with Crippen molar-refractivity contribution in [2.45, 2.75) is 24.2 Å². The van der Waals surface area contributed by atoms with E-state index in [1.807, 2.05) is 4.72 Å². The summed E-state index contributed by atoms with van der Waals surface area (Å²) >= 11 is 0. The van der Waals surface area contributed by atoms with Crippen molar-refractivity contribution in [2.24, 2.45) is 0 Å². The van der Waals surface area contributed by atoms with Gasteiger partial charge in [0.25, 0.3) is 0 Å². The molecule has 0 spiro atoms. The predicted molar refractivity (Wildman–Crippen MR) is 94.7 cm³/mol. The van der Waals surface area contributed by atoms with Gasteiger partial charge in [0, 0.05) is 6.54 Å².